The molecule has 0 aliphatic carbocycles. The van der Waals surface area contributed by atoms with Crippen molar-refractivity contribution in [3.63, 3.8) is 0 Å². The Morgan fingerprint density at radius 2 is 1.96 bits per heavy atom. The molecule has 1 heterocycles. The van der Waals surface area contributed by atoms with Crippen LogP contribution in [0.15, 0.2) is 42.5 Å². The van der Waals surface area contributed by atoms with Gasteiger partial charge in [0.25, 0.3) is 0 Å². The molecule has 0 bridgehead atoms. The maximum Gasteiger partial charge on any atom is 0.307 e. The van der Waals surface area contributed by atoms with Gasteiger partial charge in [0.1, 0.15) is 5.82 Å². The zero-order valence-electron chi connectivity index (χ0n) is 13.5. The minimum atomic E-state index is -0.820. The molecule has 2 aromatic rings. The molecule has 1 aliphatic rings. The largest absolute Gasteiger partial charge is 0.481 e. The molecular weight excluding hydrogens is 364 g/mol. The molecule has 1 N–H and O–H groups in total. The summed E-state index contributed by atoms with van der Waals surface area (Å²) in [6.07, 6.45) is 1.37. The van der Waals surface area contributed by atoms with Gasteiger partial charge < -0.3 is 5.11 Å². The summed E-state index contributed by atoms with van der Waals surface area (Å²) >= 11 is 12.4. The van der Waals surface area contributed by atoms with Gasteiger partial charge in [-0.05, 0) is 43.1 Å². The number of rotatable bonds is 4. The van der Waals surface area contributed by atoms with Crippen LogP contribution in [0.1, 0.15) is 30.0 Å². The number of nitrogens with zero attached hydrogens (tertiary/aromatic N) is 1. The fraction of sp³-hybridized carbons (Fsp3) is 0.316. The van der Waals surface area contributed by atoms with Crippen molar-refractivity contribution >= 4 is 29.2 Å². The van der Waals surface area contributed by atoms with Crippen LogP contribution < -0.4 is 0 Å². The lowest BCUT2D eigenvalue weighted by Crippen LogP contribution is -2.41. The fourth-order valence-corrected chi connectivity index (χ4v) is 3.94. The molecule has 6 heteroatoms. The molecule has 1 fully saturated rings. The van der Waals surface area contributed by atoms with Crippen molar-refractivity contribution in [2.45, 2.75) is 18.9 Å². The summed E-state index contributed by atoms with van der Waals surface area (Å²) in [4.78, 5) is 13.4. The predicted molar refractivity (Wildman–Crippen MR) is 96.6 cm³/mol. The topological polar surface area (TPSA) is 40.5 Å². The van der Waals surface area contributed by atoms with E-state index in [0.717, 1.165) is 12.0 Å². The Morgan fingerprint density at radius 1 is 1.20 bits per heavy atom. The lowest BCUT2D eigenvalue weighted by molar-refractivity contribution is -0.143. The molecule has 1 saturated heterocycles. The summed E-state index contributed by atoms with van der Waals surface area (Å²) in [6, 6.07) is 11.2. The lowest BCUT2D eigenvalue weighted by Gasteiger charge is -2.38. The molecule has 3 nitrogen and oxygen atoms in total. The molecule has 2 unspecified atom stereocenters. The summed E-state index contributed by atoms with van der Waals surface area (Å²) in [5, 5.41) is 10.3. The van der Waals surface area contributed by atoms with Gasteiger partial charge in [-0.15, -0.1) is 0 Å². The van der Waals surface area contributed by atoms with Crippen LogP contribution in [0.25, 0.3) is 0 Å². The highest BCUT2D eigenvalue weighted by Gasteiger charge is 2.33. The third-order valence-corrected chi connectivity index (χ3v) is 5.19. The average molecular weight is 382 g/mol. The first kappa shape index (κ1) is 18.2. The van der Waals surface area contributed by atoms with E-state index in [4.69, 9.17) is 23.2 Å². The number of piperidine rings is 1. The predicted octanol–water partition coefficient (Wildman–Crippen LogP) is 5.02. The Morgan fingerprint density at radius 3 is 2.64 bits per heavy atom. The van der Waals surface area contributed by atoms with Gasteiger partial charge in [-0.3, -0.25) is 9.69 Å². The van der Waals surface area contributed by atoms with Crippen molar-refractivity contribution in [3.05, 3.63) is 69.5 Å². The molecule has 25 heavy (non-hydrogen) atoms. The van der Waals surface area contributed by atoms with Crippen LogP contribution in [0.3, 0.4) is 0 Å². The van der Waals surface area contributed by atoms with Crippen LogP contribution >= 0.6 is 23.2 Å². The molecule has 0 amide bonds. The Kier molecular flexibility index (Phi) is 5.62. The summed E-state index contributed by atoms with van der Waals surface area (Å²) < 4.78 is 14.5. The second-order valence-corrected chi connectivity index (χ2v) is 7.11. The Balaban J connectivity index is 2.06. The van der Waals surface area contributed by atoms with Gasteiger partial charge in [-0.1, -0.05) is 47.5 Å². The van der Waals surface area contributed by atoms with Crippen LogP contribution in [0.5, 0.6) is 0 Å². The normalized spacial score (nSPS) is 19.6. The van der Waals surface area contributed by atoms with Gasteiger partial charge in [0.05, 0.1) is 12.0 Å². The number of benzene rings is 2. The lowest BCUT2D eigenvalue weighted by atomic mass is 9.91. The highest BCUT2D eigenvalue weighted by molar-refractivity contribution is 6.35. The van der Waals surface area contributed by atoms with E-state index in [2.05, 4.69) is 0 Å². The van der Waals surface area contributed by atoms with Crippen LogP contribution in [-0.4, -0.2) is 29.1 Å². The zero-order chi connectivity index (χ0) is 18.0. The molecule has 2 atom stereocenters. The first-order valence-corrected chi connectivity index (χ1v) is 8.89. The van der Waals surface area contributed by atoms with Gasteiger partial charge >= 0.3 is 5.97 Å². The number of likely N-dealkylation sites (tertiary alicyclic amines) is 1. The third-order valence-electron chi connectivity index (χ3n) is 4.62. The van der Waals surface area contributed by atoms with E-state index in [1.54, 1.807) is 36.4 Å². The number of carboxylic acid groups (broad SMARTS) is 1. The van der Waals surface area contributed by atoms with Crippen LogP contribution in [-0.2, 0) is 4.79 Å². The van der Waals surface area contributed by atoms with Gasteiger partial charge in [0, 0.05) is 22.2 Å². The van der Waals surface area contributed by atoms with Crippen LogP contribution in [0, 0.1) is 11.7 Å². The van der Waals surface area contributed by atoms with E-state index in [1.807, 2.05) is 4.90 Å². The quantitative estimate of drug-likeness (QED) is 0.808. The molecule has 0 radical (unpaired) electrons. The van der Waals surface area contributed by atoms with Gasteiger partial charge in [0.2, 0.25) is 0 Å². The smallest absolute Gasteiger partial charge is 0.307 e. The highest BCUT2D eigenvalue weighted by Crippen LogP contribution is 2.38. The number of aliphatic carboxylic acids is 1. The first-order valence-electron chi connectivity index (χ1n) is 8.13. The van der Waals surface area contributed by atoms with Crippen molar-refractivity contribution < 1.29 is 14.3 Å². The Labute approximate surface area is 156 Å². The van der Waals surface area contributed by atoms with Crippen molar-refractivity contribution in [2.24, 2.45) is 5.92 Å². The zero-order valence-corrected chi connectivity index (χ0v) is 15.0. The monoisotopic (exact) mass is 381 g/mol. The van der Waals surface area contributed by atoms with E-state index in [9.17, 15) is 14.3 Å². The molecule has 2 aromatic carbocycles. The molecule has 0 saturated carbocycles. The number of carboxylic acids is 1. The molecule has 0 spiro atoms. The second kappa shape index (κ2) is 7.73. The SMILES string of the molecule is O=C(O)C1CCCN(C(c2ccccc2F)c2ccc(Cl)cc2Cl)C1. The maximum absolute atomic E-state index is 14.5. The molecular formula is C19H18Cl2FNO2. The summed E-state index contributed by atoms with van der Waals surface area (Å²) in [7, 11) is 0. The van der Waals surface area contributed by atoms with Crippen LogP contribution in [0.2, 0.25) is 10.0 Å². The van der Waals surface area contributed by atoms with Gasteiger partial charge in [-0.25, -0.2) is 4.39 Å². The van der Waals surface area contributed by atoms with Gasteiger partial charge in [-0.2, -0.15) is 0 Å². The minimum Gasteiger partial charge on any atom is -0.481 e. The number of halogens is 3. The maximum atomic E-state index is 14.5. The average Bonchev–Trinajstić information content (AvgIpc) is 2.59. The molecule has 132 valence electrons. The van der Waals surface area contributed by atoms with Crippen molar-refractivity contribution in [1.82, 2.24) is 4.90 Å². The summed E-state index contributed by atoms with van der Waals surface area (Å²) in [5.41, 5.74) is 1.21. The minimum absolute atomic E-state index is 0.337. The molecule has 1 aliphatic heterocycles. The highest BCUT2D eigenvalue weighted by atomic mass is 35.5. The Hall–Kier alpha value is -1.62. The fourth-order valence-electron chi connectivity index (χ4n) is 3.42. The van der Waals surface area contributed by atoms with Crippen molar-refractivity contribution in [1.29, 1.82) is 0 Å². The number of carbonyl (C=O) groups is 1. The van der Waals surface area contributed by atoms with Crippen LogP contribution in [0.4, 0.5) is 4.39 Å². The van der Waals surface area contributed by atoms with E-state index in [-0.39, 0.29) is 5.82 Å². The number of hydrogen-bond donors (Lipinski definition) is 1. The molecule has 3 rings (SSSR count). The van der Waals surface area contributed by atoms with Gasteiger partial charge in [0.15, 0.2) is 0 Å². The van der Waals surface area contributed by atoms with E-state index >= 15 is 0 Å². The third kappa shape index (κ3) is 3.97. The first-order chi connectivity index (χ1) is 12.0. The molecule has 0 aromatic heterocycles. The summed E-state index contributed by atoms with van der Waals surface area (Å²) in [6.45, 7) is 1.04. The second-order valence-electron chi connectivity index (χ2n) is 6.26. The van der Waals surface area contributed by atoms with Crippen molar-refractivity contribution in [2.75, 3.05) is 13.1 Å². The van der Waals surface area contributed by atoms with E-state index in [0.29, 0.717) is 35.1 Å². The standard InChI is InChI=1S/C19H18Cl2FNO2/c20-13-7-8-14(16(21)10-13)18(15-5-1-2-6-17(15)22)23-9-3-4-12(11-23)19(24)25/h1-2,5-8,10,12,18H,3-4,9,11H2,(H,24,25). The van der Waals surface area contributed by atoms with Crippen molar-refractivity contribution in [3.8, 4) is 0 Å². The Bertz CT molecular complexity index is 784. The summed E-state index contributed by atoms with van der Waals surface area (Å²) in [5.74, 6) is -1.62. The van der Waals surface area contributed by atoms with E-state index in [1.165, 1.54) is 6.07 Å². The number of hydrogen-bond acceptors (Lipinski definition) is 2. The van der Waals surface area contributed by atoms with E-state index < -0.39 is 17.9 Å².